The van der Waals surface area contributed by atoms with Crippen molar-refractivity contribution >= 4 is 28.5 Å². The lowest BCUT2D eigenvalue weighted by Crippen LogP contribution is -2.24. The number of anilines is 1. The summed E-state index contributed by atoms with van der Waals surface area (Å²) in [5, 5.41) is 0.133. The molecule has 1 aromatic rings. The largest absolute Gasteiger partial charge is 0.312 e. The number of fused-ring (bicyclic) bond motifs is 1. The van der Waals surface area contributed by atoms with Crippen molar-refractivity contribution in [2.24, 2.45) is 5.92 Å². The first kappa shape index (κ1) is 13.7. The van der Waals surface area contributed by atoms with Crippen LogP contribution in [0.4, 0.5) is 5.69 Å². The van der Waals surface area contributed by atoms with Gasteiger partial charge < -0.3 is 4.90 Å². The summed E-state index contributed by atoms with van der Waals surface area (Å²) in [6.07, 6.45) is 4.10. The molecule has 106 valence electrons. The molecule has 1 saturated heterocycles. The number of amides is 1. The van der Waals surface area contributed by atoms with Gasteiger partial charge in [-0.15, -0.1) is 0 Å². The Hall–Kier alpha value is -1.29. The van der Waals surface area contributed by atoms with Gasteiger partial charge >= 0.3 is 0 Å². The number of carbonyl (C=O) groups excluding carboxylic acids is 2. The van der Waals surface area contributed by atoms with Crippen LogP contribution in [0.5, 0.6) is 0 Å². The second-order valence-electron chi connectivity index (χ2n) is 5.68. The Bertz CT molecular complexity index is 555. The molecule has 1 aromatic carbocycles. The van der Waals surface area contributed by atoms with Crippen molar-refractivity contribution in [1.82, 2.24) is 0 Å². The summed E-state index contributed by atoms with van der Waals surface area (Å²) >= 11 is 1.33. The zero-order chi connectivity index (χ0) is 14.1. The first-order valence-corrected chi connectivity index (χ1v) is 8.17. The minimum Gasteiger partial charge on any atom is -0.312 e. The maximum atomic E-state index is 12.2. The molecule has 1 amide bonds. The lowest BCUT2D eigenvalue weighted by Gasteiger charge is -2.18. The highest BCUT2D eigenvalue weighted by Crippen LogP contribution is 2.31. The maximum absolute atomic E-state index is 12.2. The van der Waals surface area contributed by atoms with E-state index in [1.165, 1.54) is 35.7 Å². The summed E-state index contributed by atoms with van der Waals surface area (Å²) in [6.45, 7) is 2.33. The van der Waals surface area contributed by atoms with Crippen LogP contribution < -0.4 is 4.90 Å². The summed E-state index contributed by atoms with van der Waals surface area (Å²) < 4.78 is 0. The summed E-state index contributed by atoms with van der Waals surface area (Å²) in [7, 11) is 0. The molecule has 3 rings (SSSR count). The Balaban J connectivity index is 1.71. The average molecular weight is 289 g/mol. The Morgan fingerprint density at radius 3 is 2.95 bits per heavy atom. The van der Waals surface area contributed by atoms with Gasteiger partial charge in [-0.3, -0.25) is 9.59 Å². The molecular formula is C16H19NO2S. The van der Waals surface area contributed by atoms with Gasteiger partial charge in [0.15, 0.2) is 5.12 Å². The molecule has 1 heterocycles. The molecule has 1 aliphatic heterocycles. The first-order valence-electron chi connectivity index (χ1n) is 7.19. The van der Waals surface area contributed by atoms with E-state index in [2.05, 4.69) is 18.2 Å². The fourth-order valence-corrected chi connectivity index (χ4v) is 3.80. The third kappa shape index (κ3) is 2.75. The predicted molar refractivity (Wildman–Crippen MR) is 82.1 cm³/mol. The summed E-state index contributed by atoms with van der Waals surface area (Å²) in [5.41, 5.74) is 3.87. The molecule has 1 fully saturated rings. The summed E-state index contributed by atoms with van der Waals surface area (Å²) in [5.74, 6) is 1.24. The Morgan fingerprint density at radius 2 is 2.15 bits per heavy atom. The topological polar surface area (TPSA) is 37.4 Å². The molecule has 0 radical (unpaired) electrons. The quantitative estimate of drug-likeness (QED) is 0.858. The molecular weight excluding hydrogens is 270 g/mol. The van der Waals surface area contributed by atoms with Gasteiger partial charge in [0.1, 0.15) is 0 Å². The fourth-order valence-electron chi connectivity index (χ4n) is 3.10. The second kappa shape index (κ2) is 5.60. The summed E-state index contributed by atoms with van der Waals surface area (Å²) in [6, 6.07) is 6.42. The van der Waals surface area contributed by atoms with E-state index in [0.29, 0.717) is 12.3 Å². The molecule has 0 spiro atoms. The molecule has 4 heteroatoms. The highest BCUT2D eigenvalue weighted by Gasteiger charge is 2.31. The van der Waals surface area contributed by atoms with Gasteiger partial charge in [-0.05, 0) is 48.4 Å². The number of benzene rings is 1. The van der Waals surface area contributed by atoms with E-state index >= 15 is 0 Å². The van der Waals surface area contributed by atoms with Gasteiger partial charge in [-0.25, -0.2) is 0 Å². The van der Waals surface area contributed by atoms with Gasteiger partial charge in [0.25, 0.3) is 0 Å². The van der Waals surface area contributed by atoms with E-state index in [0.717, 1.165) is 24.4 Å². The zero-order valence-electron chi connectivity index (χ0n) is 11.7. The minimum atomic E-state index is 0.133. The van der Waals surface area contributed by atoms with Crippen molar-refractivity contribution in [2.75, 3.05) is 17.2 Å². The molecule has 0 bridgehead atoms. The van der Waals surface area contributed by atoms with E-state index < -0.39 is 0 Å². The van der Waals surface area contributed by atoms with E-state index in [1.807, 2.05) is 4.90 Å². The van der Waals surface area contributed by atoms with Crippen molar-refractivity contribution in [1.29, 1.82) is 0 Å². The SMILES string of the molecule is CC(=O)SCC1CC(=O)N(c2ccc3c(c2)CCC3)C1. The standard InChI is InChI=1S/C16H19NO2S/c1-11(18)20-10-12-7-16(19)17(9-12)15-6-5-13-3-2-4-14(13)8-15/h5-6,8,12H,2-4,7,9-10H2,1H3. The van der Waals surface area contributed by atoms with Crippen molar-refractivity contribution < 1.29 is 9.59 Å². The van der Waals surface area contributed by atoms with Gasteiger partial charge in [0, 0.05) is 31.3 Å². The second-order valence-corrected chi connectivity index (χ2v) is 6.88. The Kier molecular flexibility index (Phi) is 3.83. The number of aryl methyl sites for hydroxylation is 2. The number of carbonyl (C=O) groups is 2. The van der Waals surface area contributed by atoms with Crippen molar-refractivity contribution in [3.8, 4) is 0 Å². The van der Waals surface area contributed by atoms with Crippen LogP contribution in [-0.2, 0) is 22.4 Å². The van der Waals surface area contributed by atoms with Crippen molar-refractivity contribution in [2.45, 2.75) is 32.6 Å². The lowest BCUT2D eigenvalue weighted by atomic mass is 10.1. The third-order valence-corrected chi connectivity index (χ3v) is 5.17. The fraction of sp³-hybridized carbons (Fsp3) is 0.500. The summed E-state index contributed by atoms with van der Waals surface area (Å²) in [4.78, 5) is 25.1. The maximum Gasteiger partial charge on any atom is 0.227 e. The van der Waals surface area contributed by atoms with Crippen LogP contribution in [0.3, 0.4) is 0 Å². The molecule has 2 aliphatic rings. The molecule has 0 N–H and O–H groups in total. The minimum absolute atomic E-state index is 0.133. The molecule has 3 nitrogen and oxygen atoms in total. The highest BCUT2D eigenvalue weighted by atomic mass is 32.2. The van der Waals surface area contributed by atoms with E-state index in [4.69, 9.17) is 0 Å². The van der Waals surface area contributed by atoms with E-state index in [1.54, 1.807) is 6.92 Å². The van der Waals surface area contributed by atoms with Gasteiger partial charge in [-0.1, -0.05) is 17.8 Å². The van der Waals surface area contributed by atoms with Crippen LogP contribution in [-0.4, -0.2) is 23.3 Å². The Morgan fingerprint density at radius 1 is 1.35 bits per heavy atom. The van der Waals surface area contributed by atoms with Gasteiger partial charge in [0.2, 0.25) is 5.91 Å². The normalized spacial score (nSPS) is 21.4. The van der Waals surface area contributed by atoms with Crippen LogP contribution in [0.1, 0.15) is 30.9 Å². The van der Waals surface area contributed by atoms with Crippen LogP contribution in [0.25, 0.3) is 0 Å². The lowest BCUT2D eigenvalue weighted by molar-refractivity contribution is -0.117. The number of rotatable bonds is 3. The van der Waals surface area contributed by atoms with Gasteiger partial charge in [0.05, 0.1) is 0 Å². The number of nitrogens with zero attached hydrogens (tertiary/aromatic N) is 1. The molecule has 20 heavy (non-hydrogen) atoms. The van der Waals surface area contributed by atoms with Crippen molar-refractivity contribution in [3.63, 3.8) is 0 Å². The van der Waals surface area contributed by atoms with E-state index in [-0.39, 0.29) is 11.0 Å². The molecule has 0 saturated carbocycles. The number of hydrogen-bond acceptors (Lipinski definition) is 3. The number of thioether (sulfide) groups is 1. The predicted octanol–water partition coefficient (Wildman–Crippen LogP) is 2.81. The average Bonchev–Trinajstić information content (AvgIpc) is 3.01. The molecule has 0 aromatic heterocycles. The Labute approximate surface area is 123 Å². The molecule has 1 unspecified atom stereocenters. The molecule has 1 aliphatic carbocycles. The third-order valence-electron chi connectivity index (χ3n) is 4.12. The smallest absolute Gasteiger partial charge is 0.227 e. The first-order chi connectivity index (χ1) is 9.63. The monoisotopic (exact) mass is 289 g/mol. The van der Waals surface area contributed by atoms with Crippen LogP contribution in [0, 0.1) is 5.92 Å². The van der Waals surface area contributed by atoms with Crippen LogP contribution >= 0.6 is 11.8 Å². The molecule has 1 atom stereocenters. The van der Waals surface area contributed by atoms with E-state index in [9.17, 15) is 9.59 Å². The zero-order valence-corrected chi connectivity index (χ0v) is 12.5. The van der Waals surface area contributed by atoms with Crippen molar-refractivity contribution in [3.05, 3.63) is 29.3 Å². The highest BCUT2D eigenvalue weighted by molar-refractivity contribution is 8.13. The number of hydrogen-bond donors (Lipinski definition) is 0. The van der Waals surface area contributed by atoms with Crippen LogP contribution in [0.2, 0.25) is 0 Å². The van der Waals surface area contributed by atoms with Crippen LogP contribution in [0.15, 0.2) is 18.2 Å². The van der Waals surface area contributed by atoms with Gasteiger partial charge in [-0.2, -0.15) is 0 Å².